The van der Waals surface area contributed by atoms with Gasteiger partial charge in [-0.2, -0.15) is 13.2 Å². The molecule has 0 aliphatic carbocycles. The first-order chi connectivity index (χ1) is 17.9. The maximum atomic E-state index is 12.7. The second-order valence-corrected chi connectivity index (χ2v) is 8.53. The number of aryl methyl sites for hydroxylation is 2. The molecule has 2 heterocycles. The minimum absolute atomic E-state index is 0.103. The second-order valence-electron chi connectivity index (χ2n) is 8.53. The van der Waals surface area contributed by atoms with E-state index in [-0.39, 0.29) is 13.2 Å². The molecule has 0 unspecified atom stereocenters. The Hall–Kier alpha value is -3.85. The SMILES string of the molecule is OCCc1nccn1CCCCc1ccc(OCc2coc(C=Cc3ccc(C(F)(F)F)cc3)n2)cc1. The Morgan fingerprint density at radius 3 is 2.49 bits per heavy atom. The third-order valence-electron chi connectivity index (χ3n) is 5.79. The van der Waals surface area contributed by atoms with Crippen molar-refractivity contribution in [2.45, 2.75) is 45.0 Å². The summed E-state index contributed by atoms with van der Waals surface area (Å²) >= 11 is 0. The molecule has 9 heteroatoms. The summed E-state index contributed by atoms with van der Waals surface area (Å²) in [7, 11) is 0. The Morgan fingerprint density at radius 1 is 0.973 bits per heavy atom. The molecular weight excluding hydrogens is 483 g/mol. The number of oxazole rings is 1. The molecular formula is C28H28F3N3O3. The smallest absolute Gasteiger partial charge is 0.416 e. The third kappa shape index (κ3) is 7.82. The van der Waals surface area contributed by atoms with E-state index in [2.05, 4.69) is 14.5 Å². The van der Waals surface area contributed by atoms with Crippen LogP contribution in [0.3, 0.4) is 0 Å². The minimum atomic E-state index is -4.35. The lowest BCUT2D eigenvalue weighted by molar-refractivity contribution is -0.137. The summed E-state index contributed by atoms with van der Waals surface area (Å²) in [6, 6.07) is 12.8. The molecule has 1 N–H and O–H groups in total. The van der Waals surface area contributed by atoms with Crippen molar-refractivity contribution in [3.05, 3.63) is 101 Å². The van der Waals surface area contributed by atoms with Gasteiger partial charge in [0.1, 0.15) is 30.1 Å². The number of nitrogens with zero attached hydrogens (tertiary/aromatic N) is 3. The van der Waals surface area contributed by atoms with Crippen LogP contribution in [-0.4, -0.2) is 26.2 Å². The lowest BCUT2D eigenvalue weighted by Gasteiger charge is -2.08. The molecule has 0 fully saturated rings. The zero-order valence-electron chi connectivity index (χ0n) is 20.2. The molecule has 0 saturated carbocycles. The van der Waals surface area contributed by atoms with Crippen LogP contribution in [0, 0.1) is 0 Å². The number of alkyl halides is 3. The predicted octanol–water partition coefficient (Wildman–Crippen LogP) is 6.20. The molecule has 4 rings (SSSR count). The van der Waals surface area contributed by atoms with Gasteiger partial charge in [0.2, 0.25) is 5.89 Å². The number of hydrogen-bond donors (Lipinski definition) is 1. The van der Waals surface area contributed by atoms with Gasteiger partial charge in [-0.25, -0.2) is 9.97 Å². The topological polar surface area (TPSA) is 73.3 Å². The summed E-state index contributed by atoms with van der Waals surface area (Å²) in [5.74, 6) is 1.98. The average Bonchev–Trinajstić information content (AvgIpc) is 3.54. The zero-order valence-corrected chi connectivity index (χ0v) is 20.2. The number of unbranched alkanes of at least 4 members (excludes halogenated alkanes) is 1. The van der Waals surface area contributed by atoms with Crippen LogP contribution in [0.25, 0.3) is 12.2 Å². The molecule has 0 aliphatic rings. The molecule has 2 aromatic heterocycles. The van der Waals surface area contributed by atoms with E-state index in [9.17, 15) is 13.2 Å². The fourth-order valence-corrected chi connectivity index (χ4v) is 3.81. The largest absolute Gasteiger partial charge is 0.487 e. The highest BCUT2D eigenvalue weighted by molar-refractivity contribution is 5.66. The molecule has 4 aromatic rings. The number of halogens is 3. The van der Waals surface area contributed by atoms with Crippen LogP contribution >= 0.6 is 0 Å². The fraction of sp³-hybridized carbons (Fsp3) is 0.286. The number of benzene rings is 2. The molecule has 37 heavy (non-hydrogen) atoms. The highest BCUT2D eigenvalue weighted by atomic mass is 19.4. The van der Waals surface area contributed by atoms with Crippen molar-refractivity contribution >= 4 is 12.2 Å². The van der Waals surface area contributed by atoms with Gasteiger partial charge >= 0.3 is 6.18 Å². The Labute approximate surface area is 213 Å². The lowest BCUT2D eigenvalue weighted by atomic mass is 10.1. The summed E-state index contributed by atoms with van der Waals surface area (Å²) in [5, 5.41) is 9.10. The van der Waals surface area contributed by atoms with E-state index in [1.165, 1.54) is 24.0 Å². The molecule has 0 bridgehead atoms. The summed E-state index contributed by atoms with van der Waals surface area (Å²) < 4.78 is 51.3. The zero-order chi connectivity index (χ0) is 26.1. The van der Waals surface area contributed by atoms with E-state index in [1.807, 2.05) is 30.5 Å². The molecule has 0 atom stereocenters. The predicted molar refractivity (Wildman–Crippen MR) is 134 cm³/mol. The van der Waals surface area contributed by atoms with Crippen LogP contribution in [0.1, 0.15) is 46.9 Å². The van der Waals surface area contributed by atoms with Crippen molar-refractivity contribution in [1.82, 2.24) is 14.5 Å². The number of imidazole rings is 1. The Kier molecular flexibility index (Phi) is 8.79. The molecule has 2 aromatic carbocycles. The fourth-order valence-electron chi connectivity index (χ4n) is 3.81. The summed E-state index contributed by atoms with van der Waals surface area (Å²) in [6.07, 6.45) is 7.69. The highest BCUT2D eigenvalue weighted by Gasteiger charge is 2.29. The van der Waals surface area contributed by atoms with Gasteiger partial charge in [0, 0.05) is 31.4 Å². The molecule has 0 spiro atoms. The van der Waals surface area contributed by atoms with Crippen LogP contribution in [0.15, 0.2) is 71.6 Å². The number of ether oxygens (including phenoxy) is 1. The lowest BCUT2D eigenvalue weighted by Crippen LogP contribution is -2.05. The highest BCUT2D eigenvalue weighted by Crippen LogP contribution is 2.29. The second kappa shape index (κ2) is 12.4. The number of rotatable bonds is 12. The Balaban J connectivity index is 1.19. The van der Waals surface area contributed by atoms with Gasteiger partial charge in [-0.05, 0) is 60.7 Å². The third-order valence-corrected chi connectivity index (χ3v) is 5.79. The normalized spacial score (nSPS) is 11.9. The van der Waals surface area contributed by atoms with Crippen molar-refractivity contribution in [2.24, 2.45) is 0 Å². The number of aliphatic hydroxyl groups excluding tert-OH is 1. The van der Waals surface area contributed by atoms with Gasteiger partial charge in [-0.1, -0.05) is 24.3 Å². The van der Waals surface area contributed by atoms with E-state index in [1.54, 1.807) is 18.3 Å². The molecule has 0 amide bonds. The Morgan fingerprint density at radius 2 is 1.76 bits per heavy atom. The van der Waals surface area contributed by atoms with Gasteiger partial charge in [-0.15, -0.1) is 0 Å². The quantitative estimate of drug-likeness (QED) is 0.229. The molecule has 194 valence electrons. The minimum Gasteiger partial charge on any atom is -0.487 e. The number of aromatic nitrogens is 3. The van der Waals surface area contributed by atoms with Crippen molar-refractivity contribution in [3.63, 3.8) is 0 Å². The summed E-state index contributed by atoms with van der Waals surface area (Å²) in [5.41, 5.74) is 1.76. The maximum absolute atomic E-state index is 12.7. The van der Waals surface area contributed by atoms with E-state index < -0.39 is 11.7 Å². The van der Waals surface area contributed by atoms with Crippen molar-refractivity contribution < 1.29 is 27.4 Å². The van der Waals surface area contributed by atoms with E-state index in [0.29, 0.717) is 23.6 Å². The first-order valence-corrected chi connectivity index (χ1v) is 12.0. The molecule has 0 radical (unpaired) electrons. The first kappa shape index (κ1) is 26.2. The maximum Gasteiger partial charge on any atom is 0.416 e. The van der Waals surface area contributed by atoms with E-state index in [4.69, 9.17) is 14.3 Å². The van der Waals surface area contributed by atoms with Gasteiger partial charge in [0.25, 0.3) is 0 Å². The van der Waals surface area contributed by atoms with Crippen LogP contribution in [0.4, 0.5) is 13.2 Å². The van der Waals surface area contributed by atoms with Crippen LogP contribution < -0.4 is 4.74 Å². The number of aliphatic hydroxyl groups is 1. The van der Waals surface area contributed by atoms with Crippen molar-refractivity contribution in [1.29, 1.82) is 0 Å². The van der Waals surface area contributed by atoms with Crippen LogP contribution in [-0.2, 0) is 32.2 Å². The summed E-state index contributed by atoms with van der Waals surface area (Å²) in [6.45, 7) is 1.22. The van der Waals surface area contributed by atoms with Crippen molar-refractivity contribution in [2.75, 3.05) is 6.61 Å². The van der Waals surface area contributed by atoms with Gasteiger partial charge < -0.3 is 18.8 Å². The van der Waals surface area contributed by atoms with Crippen LogP contribution in [0.5, 0.6) is 5.75 Å². The number of hydrogen-bond acceptors (Lipinski definition) is 5. The average molecular weight is 512 g/mol. The molecule has 0 aliphatic heterocycles. The monoisotopic (exact) mass is 511 g/mol. The van der Waals surface area contributed by atoms with Gasteiger partial charge in [-0.3, -0.25) is 0 Å². The molecule has 0 saturated heterocycles. The Bertz CT molecular complexity index is 1280. The summed E-state index contributed by atoms with van der Waals surface area (Å²) in [4.78, 5) is 8.59. The van der Waals surface area contributed by atoms with E-state index in [0.717, 1.165) is 49.5 Å². The van der Waals surface area contributed by atoms with Gasteiger partial charge in [0.05, 0.1) is 12.2 Å². The molecule has 6 nitrogen and oxygen atoms in total. The van der Waals surface area contributed by atoms with Crippen LogP contribution in [0.2, 0.25) is 0 Å². The van der Waals surface area contributed by atoms with Crippen molar-refractivity contribution in [3.8, 4) is 5.75 Å². The standard InChI is InChI=1S/C28H28F3N3O3/c29-28(30,31)23-9-4-22(5-10-23)8-13-27-33-24(20-37-27)19-36-25-11-6-21(7-12-25)3-1-2-16-34-17-15-32-26(34)14-18-35/h4-13,15,17,20,35H,1-3,14,16,18-19H2. The first-order valence-electron chi connectivity index (χ1n) is 12.0. The van der Waals surface area contributed by atoms with E-state index >= 15 is 0 Å². The van der Waals surface area contributed by atoms with Gasteiger partial charge in [0.15, 0.2) is 0 Å².